The largest absolute Gasteiger partial charge is 0.330 e. The Hall–Kier alpha value is -1.45. The molecule has 2 rings (SSSR count). The first-order valence-electron chi connectivity index (χ1n) is 6.15. The van der Waals surface area contributed by atoms with Gasteiger partial charge in [-0.25, -0.2) is 0 Å². The van der Waals surface area contributed by atoms with Crippen molar-refractivity contribution in [3.8, 4) is 0 Å². The van der Waals surface area contributed by atoms with Gasteiger partial charge in [0.2, 0.25) is 0 Å². The molecule has 94 valence electrons. The number of carbonyl (C=O) groups excluding carboxylic acids is 1. The zero-order chi connectivity index (χ0) is 12.8. The van der Waals surface area contributed by atoms with Crippen molar-refractivity contribution in [1.29, 1.82) is 0 Å². The Morgan fingerprint density at radius 2 is 1.94 bits per heavy atom. The van der Waals surface area contributed by atoms with Crippen LogP contribution in [0.5, 0.6) is 0 Å². The number of aryl methyl sites for hydroxylation is 1. The predicted octanol–water partition coefficient (Wildman–Crippen LogP) is 3.06. The summed E-state index contributed by atoms with van der Waals surface area (Å²) in [5.74, 6) is 0.215. The second kappa shape index (κ2) is 6.47. The summed E-state index contributed by atoms with van der Waals surface area (Å²) in [7, 11) is 0. The lowest BCUT2D eigenvalue weighted by Crippen LogP contribution is -2.09. The van der Waals surface area contributed by atoms with Gasteiger partial charge in [-0.2, -0.15) is 0 Å². The highest BCUT2D eigenvalue weighted by Crippen LogP contribution is 2.16. The predicted molar refractivity (Wildman–Crippen MR) is 76.2 cm³/mol. The third-order valence-corrected chi connectivity index (χ3v) is 3.85. The van der Waals surface area contributed by atoms with E-state index in [1.807, 2.05) is 35.7 Å². The number of rotatable bonds is 6. The van der Waals surface area contributed by atoms with E-state index in [4.69, 9.17) is 5.73 Å². The molecule has 2 N–H and O–H groups in total. The summed E-state index contributed by atoms with van der Waals surface area (Å²) in [6.07, 6.45) is 2.16. The van der Waals surface area contributed by atoms with E-state index in [2.05, 4.69) is 6.07 Å². The van der Waals surface area contributed by atoms with E-state index in [-0.39, 0.29) is 5.78 Å². The first-order valence-corrected chi connectivity index (χ1v) is 7.03. The summed E-state index contributed by atoms with van der Waals surface area (Å²) in [6, 6.07) is 11.9. The number of carbonyl (C=O) groups is 1. The second-order valence-corrected chi connectivity index (χ2v) is 5.23. The maximum Gasteiger partial charge on any atom is 0.163 e. The van der Waals surface area contributed by atoms with Gasteiger partial charge in [-0.15, -0.1) is 11.3 Å². The number of nitrogens with two attached hydrogens (primary N) is 1. The number of hydrogen-bond acceptors (Lipinski definition) is 3. The minimum atomic E-state index is 0.215. The van der Waals surface area contributed by atoms with Crippen molar-refractivity contribution in [3.05, 3.63) is 57.8 Å². The minimum absolute atomic E-state index is 0.215. The fourth-order valence-corrected chi connectivity index (χ4v) is 2.70. The fraction of sp³-hybridized carbons (Fsp3) is 0.267. The highest BCUT2D eigenvalue weighted by molar-refractivity contribution is 7.09. The van der Waals surface area contributed by atoms with Gasteiger partial charge in [0.1, 0.15) is 0 Å². The molecule has 2 aromatic rings. The average Bonchev–Trinajstić information content (AvgIpc) is 2.90. The zero-order valence-electron chi connectivity index (χ0n) is 10.3. The first-order chi connectivity index (χ1) is 8.81. The smallest absolute Gasteiger partial charge is 0.163 e. The van der Waals surface area contributed by atoms with Gasteiger partial charge in [0.25, 0.3) is 0 Å². The molecule has 0 fully saturated rings. The Balaban J connectivity index is 2.04. The van der Waals surface area contributed by atoms with Crippen LogP contribution in [0.15, 0.2) is 41.8 Å². The molecule has 0 aliphatic rings. The monoisotopic (exact) mass is 259 g/mol. The van der Waals surface area contributed by atoms with Crippen molar-refractivity contribution in [2.75, 3.05) is 6.54 Å². The third-order valence-electron chi connectivity index (χ3n) is 2.91. The Morgan fingerprint density at radius 1 is 1.11 bits per heavy atom. The molecule has 0 radical (unpaired) electrons. The average molecular weight is 259 g/mol. The van der Waals surface area contributed by atoms with Crippen molar-refractivity contribution >= 4 is 17.1 Å². The fourth-order valence-electron chi connectivity index (χ4n) is 1.99. The molecule has 1 aromatic heterocycles. The molecular formula is C15H17NOS. The maximum absolute atomic E-state index is 12.2. The van der Waals surface area contributed by atoms with E-state index in [1.165, 1.54) is 4.88 Å². The van der Waals surface area contributed by atoms with E-state index in [0.29, 0.717) is 13.0 Å². The molecular weight excluding hydrogens is 242 g/mol. The van der Waals surface area contributed by atoms with E-state index in [9.17, 15) is 4.79 Å². The van der Waals surface area contributed by atoms with Crippen LogP contribution in [0.3, 0.4) is 0 Å². The second-order valence-electron chi connectivity index (χ2n) is 4.20. The normalized spacial score (nSPS) is 10.5. The highest BCUT2D eigenvalue weighted by Gasteiger charge is 2.10. The SMILES string of the molecule is NCCc1ccccc1C(=O)CCc1cccs1. The van der Waals surface area contributed by atoms with Gasteiger partial charge < -0.3 is 5.73 Å². The van der Waals surface area contributed by atoms with Crippen LogP contribution in [0, 0.1) is 0 Å². The Morgan fingerprint density at radius 3 is 2.67 bits per heavy atom. The number of thiophene rings is 1. The summed E-state index contributed by atoms with van der Waals surface area (Å²) in [5.41, 5.74) is 7.47. The molecule has 0 bridgehead atoms. The summed E-state index contributed by atoms with van der Waals surface area (Å²) >= 11 is 1.70. The standard InChI is InChI=1S/C15H17NOS/c16-10-9-12-4-1-2-6-14(12)15(17)8-7-13-5-3-11-18-13/h1-6,11H,7-10,16H2. The van der Waals surface area contributed by atoms with Gasteiger partial charge in [-0.05, 0) is 36.4 Å². The number of Topliss-reactive ketones (excluding diaryl/α,β-unsaturated/α-hetero) is 1. The van der Waals surface area contributed by atoms with Crippen LogP contribution in [0.25, 0.3) is 0 Å². The summed E-state index contributed by atoms with van der Waals surface area (Å²) < 4.78 is 0. The van der Waals surface area contributed by atoms with E-state index < -0.39 is 0 Å². The molecule has 18 heavy (non-hydrogen) atoms. The van der Waals surface area contributed by atoms with Gasteiger partial charge >= 0.3 is 0 Å². The van der Waals surface area contributed by atoms with E-state index in [0.717, 1.165) is 24.0 Å². The van der Waals surface area contributed by atoms with Crippen LogP contribution in [0.4, 0.5) is 0 Å². The molecule has 1 heterocycles. The number of benzene rings is 1. The van der Waals surface area contributed by atoms with E-state index >= 15 is 0 Å². The highest BCUT2D eigenvalue weighted by atomic mass is 32.1. The maximum atomic E-state index is 12.2. The van der Waals surface area contributed by atoms with Crippen LogP contribution < -0.4 is 5.73 Å². The minimum Gasteiger partial charge on any atom is -0.330 e. The van der Waals surface area contributed by atoms with Crippen molar-refractivity contribution in [2.45, 2.75) is 19.3 Å². The lowest BCUT2D eigenvalue weighted by Gasteiger charge is -2.07. The molecule has 0 saturated carbocycles. The van der Waals surface area contributed by atoms with Crippen molar-refractivity contribution in [2.24, 2.45) is 5.73 Å². The van der Waals surface area contributed by atoms with Crippen molar-refractivity contribution in [3.63, 3.8) is 0 Å². The van der Waals surface area contributed by atoms with Gasteiger partial charge in [-0.3, -0.25) is 4.79 Å². The summed E-state index contributed by atoms with van der Waals surface area (Å²) in [4.78, 5) is 13.5. The number of hydrogen-bond donors (Lipinski definition) is 1. The van der Waals surface area contributed by atoms with Crippen LogP contribution in [-0.4, -0.2) is 12.3 Å². The summed E-state index contributed by atoms with van der Waals surface area (Å²) in [5, 5.41) is 2.04. The lowest BCUT2D eigenvalue weighted by atomic mass is 9.98. The van der Waals surface area contributed by atoms with Crippen LogP contribution >= 0.6 is 11.3 Å². The summed E-state index contributed by atoms with van der Waals surface area (Å²) in [6.45, 7) is 0.579. The molecule has 1 aromatic carbocycles. The zero-order valence-corrected chi connectivity index (χ0v) is 11.1. The Kier molecular flexibility index (Phi) is 4.67. The molecule has 0 atom stereocenters. The van der Waals surface area contributed by atoms with E-state index in [1.54, 1.807) is 11.3 Å². The van der Waals surface area contributed by atoms with Crippen LogP contribution in [0.1, 0.15) is 27.2 Å². The molecule has 0 unspecified atom stereocenters. The number of ketones is 1. The molecule has 0 aliphatic heterocycles. The van der Waals surface area contributed by atoms with Gasteiger partial charge in [0, 0.05) is 16.9 Å². The van der Waals surface area contributed by atoms with Crippen molar-refractivity contribution in [1.82, 2.24) is 0 Å². The molecule has 2 nitrogen and oxygen atoms in total. The van der Waals surface area contributed by atoms with Gasteiger partial charge in [0.05, 0.1) is 0 Å². The quantitative estimate of drug-likeness (QED) is 0.810. The van der Waals surface area contributed by atoms with Crippen molar-refractivity contribution < 1.29 is 4.79 Å². The first kappa shape index (κ1) is 13.0. The third kappa shape index (κ3) is 3.28. The van der Waals surface area contributed by atoms with Gasteiger partial charge in [0.15, 0.2) is 5.78 Å². The molecule has 0 saturated heterocycles. The Labute approximate surface area is 111 Å². The molecule has 0 spiro atoms. The molecule has 0 aliphatic carbocycles. The molecule has 3 heteroatoms. The van der Waals surface area contributed by atoms with Gasteiger partial charge in [-0.1, -0.05) is 30.3 Å². The van der Waals surface area contributed by atoms with Crippen LogP contribution in [0.2, 0.25) is 0 Å². The van der Waals surface area contributed by atoms with Crippen LogP contribution in [-0.2, 0) is 12.8 Å². The molecule has 0 amide bonds. The Bertz CT molecular complexity index is 505. The topological polar surface area (TPSA) is 43.1 Å². The lowest BCUT2D eigenvalue weighted by molar-refractivity contribution is 0.0982.